The van der Waals surface area contributed by atoms with Gasteiger partial charge in [-0.15, -0.1) is 0 Å². The lowest BCUT2D eigenvalue weighted by atomic mass is 9.70. The van der Waals surface area contributed by atoms with Crippen molar-refractivity contribution >= 4 is 23.5 Å². The Morgan fingerprint density at radius 2 is 0.724 bits per heavy atom. The lowest BCUT2D eigenvalue weighted by Crippen LogP contribution is -2.67. The second kappa shape index (κ2) is 22.3. The van der Waals surface area contributed by atoms with Crippen LogP contribution in [-0.2, 0) is 0 Å². The van der Waals surface area contributed by atoms with Crippen molar-refractivity contribution in [2.75, 3.05) is 105 Å². The van der Waals surface area contributed by atoms with Gasteiger partial charge in [0.2, 0.25) is 0 Å². The van der Waals surface area contributed by atoms with Crippen LogP contribution in [-0.4, -0.2) is 200 Å². The van der Waals surface area contributed by atoms with Crippen LogP contribution in [0.3, 0.4) is 0 Å². The number of aliphatic hydroxyl groups excluding tert-OH is 6. The molecule has 6 N–H and O–H groups in total. The van der Waals surface area contributed by atoms with E-state index in [9.17, 15) is 30.6 Å². The van der Waals surface area contributed by atoms with Crippen LogP contribution < -0.4 is 0 Å². The average molecular weight is 859 g/mol. The van der Waals surface area contributed by atoms with E-state index in [0.29, 0.717) is 104 Å². The molecule has 0 amide bonds. The predicted molar refractivity (Wildman–Crippen MR) is 242 cm³/mol. The molecule has 340 valence electrons. The van der Waals surface area contributed by atoms with Gasteiger partial charge in [-0.3, -0.25) is 9.80 Å². The summed E-state index contributed by atoms with van der Waals surface area (Å²) in [6, 6.07) is 2.49. The molecule has 10 unspecified atom stereocenters. The van der Waals surface area contributed by atoms with Crippen molar-refractivity contribution in [3.63, 3.8) is 0 Å². The average Bonchev–Trinajstić information content (AvgIpc) is 3.16. The quantitative estimate of drug-likeness (QED) is 0.0677. The van der Waals surface area contributed by atoms with Crippen LogP contribution >= 0.6 is 23.5 Å². The number of hydrogen-bond acceptors (Lipinski definition) is 10. The van der Waals surface area contributed by atoms with Gasteiger partial charge in [-0.1, -0.05) is 41.5 Å². The summed E-state index contributed by atoms with van der Waals surface area (Å²) < 4.78 is 1.20. The fourth-order valence-corrected chi connectivity index (χ4v) is 16.7. The largest absolute Gasteiger partial charge is 0.391 e. The topological polar surface area (TPSA) is 128 Å². The highest BCUT2D eigenvalue weighted by Crippen LogP contribution is 2.56. The van der Waals surface area contributed by atoms with Gasteiger partial charge in [0.15, 0.2) is 0 Å². The minimum atomic E-state index is 0.0819. The highest BCUT2D eigenvalue weighted by molar-refractivity contribution is 8.01. The van der Waals surface area contributed by atoms with Gasteiger partial charge in [0, 0.05) is 45.2 Å². The first-order valence-corrected chi connectivity index (χ1v) is 25.7. The molecule has 3 saturated carbocycles. The molecule has 0 spiro atoms. The summed E-state index contributed by atoms with van der Waals surface area (Å²) in [5, 5.41) is 62.2. The summed E-state index contributed by atoms with van der Waals surface area (Å²) in [6.07, 6.45) is 14.8. The summed E-state index contributed by atoms with van der Waals surface area (Å²) >= 11 is 4.78. The molecule has 0 aromatic rings. The lowest BCUT2D eigenvalue weighted by molar-refractivity contribution is -0.929. The standard InChI is InChI=1S/C46H90N4O6S2/c1-45(2,3)35-11-13-37-41(31-35)57-43-33-40-44(34-39(43)47(37)15-7-9-17-49(19-25-51,20-26-52)21-27-53)58-42-32-36(46(4,5)6)12-14-38(42)48(40)16-8-10-18-50(22-28-54,23-29-55)24-30-56/h35-44,51-56H,7-34H2,1-6H3/q+2. The molecular formula is C46H90N4O6S2+2. The molecule has 2 aliphatic heterocycles. The Morgan fingerprint density at radius 3 is 1.02 bits per heavy atom. The molecule has 5 aliphatic rings. The third kappa shape index (κ3) is 12.3. The fraction of sp³-hybridized carbons (Fsp3) is 1.00. The minimum Gasteiger partial charge on any atom is -0.391 e. The zero-order valence-corrected chi connectivity index (χ0v) is 39.5. The van der Waals surface area contributed by atoms with E-state index < -0.39 is 0 Å². The number of nitrogens with zero attached hydrogens (tertiary/aromatic N) is 4. The smallest absolute Gasteiger partial charge is 0.102 e. The van der Waals surface area contributed by atoms with Crippen LogP contribution in [0.5, 0.6) is 0 Å². The second-order valence-electron chi connectivity index (χ2n) is 21.6. The second-order valence-corrected chi connectivity index (χ2v) is 24.6. The Bertz CT molecular complexity index is 1080. The van der Waals surface area contributed by atoms with Crippen LogP contribution in [0.15, 0.2) is 0 Å². The summed E-state index contributed by atoms with van der Waals surface area (Å²) in [4.78, 5) is 6.08. The first-order valence-electron chi connectivity index (χ1n) is 23.8. The maximum absolute atomic E-state index is 9.92. The number of quaternary nitrogens is 2. The Kier molecular flexibility index (Phi) is 18.9. The van der Waals surface area contributed by atoms with Gasteiger partial charge >= 0.3 is 0 Å². The number of unbranched alkanes of at least 4 members (excludes halogenated alkanes) is 2. The van der Waals surface area contributed by atoms with Gasteiger partial charge in [-0.25, -0.2) is 0 Å². The Morgan fingerprint density at radius 1 is 0.414 bits per heavy atom. The van der Waals surface area contributed by atoms with E-state index in [2.05, 4.69) is 74.9 Å². The van der Waals surface area contributed by atoms with E-state index in [0.717, 1.165) is 63.7 Å². The van der Waals surface area contributed by atoms with Crippen LogP contribution in [0, 0.1) is 22.7 Å². The number of fused-ring (bicyclic) bond motifs is 4. The maximum atomic E-state index is 9.92. The first-order chi connectivity index (χ1) is 27.7. The molecule has 0 bridgehead atoms. The van der Waals surface area contributed by atoms with Crippen LogP contribution in [0.4, 0.5) is 0 Å². The molecule has 5 fully saturated rings. The fourth-order valence-electron chi connectivity index (χ4n) is 12.6. The Hall–Kier alpha value is 0.300. The summed E-state index contributed by atoms with van der Waals surface area (Å²) in [5.41, 5.74) is 0.662. The SMILES string of the molecule is CC(C)(C)C1CCC2C(C1)SC1CC3C(CC1N2CCCC[N+](CCO)(CCO)CCO)SC1CC(C(C)(C)C)CCC1N3CCCC[N+](CCO)(CCO)CCO. The summed E-state index contributed by atoms with van der Waals surface area (Å²) in [7, 11) is 0. The van der Waals surface area contributed by atoms with Gasteiger partial charge in [0.25, 0.3) is 0 Å². The van der Waals surface area contributed by atoms with E-state index in [1.165, 1.54) is 51.4 Å². The van der Waals surface area contributed by atoms with Gasteiger partial charge in [0.05, 0.1) is 52.7 Å². The number of rotatable bonds is 22. The van der Waals surface area contributed by atoms with E-state index in [4.69, 9.17) is 0 Å². The van der Waals surface area contributed by atoms with Crippen molar-refractivity contribution in [2.45, 2.75) is 164 Å². The maximum Gasteiger partial charge on any atom is 0.102 e. The molecule has 58 heavy (non-hydrogen) atoms. The zero-order chi connectivity index (χ0) is 42.1. The van der Waals surface area contributed by atoms with Crippen molar-refractivity contribution in [3.05, 3.63) is 0 Å². The highest BCUT2D eigenvalue weighted by Gasteiger charge is 2.55. The van der Waals surface area contributed by atoms with Crippen LogP contribution in [0.1, 0.15) is 119 Å². The monoisotopic (exact) mass is 859 g/mol. The van der Waals surface area contributed by atoms with E-state index in [1.807, 2.05) is 0 Å². The molecule has 0 aromatic heterocycles. The van der Waals surface area contributed by atoms with Crippen LogP contribution in [0.25, 0.3) is 0 Å². The lowest BCUT2D eigenvalue weighted by Gasteiger charge is -2.61. The molecule has 2 heterocycles. The van der Waals surface area contributed by atoms with Gasteiger partial charge < -0.3 is 39.6 Å². The third-order valence-corrected chi connectivity index (χ3v) is 19.6. The van der Waals surface area contributed by atoms with Crippen molar-refractivity contribution in [1.29, 1.82) is 0 Å². The van der Waals surface area contributed by atoms with Crippen molar-refractivity contribution in [1.82, 2.24) is 9.80 Å². The normalized spacial score (nSPS) is 32.7. The van der Waals surface area contributed by atoms with Crippen molar-refractivity contribution < 1.29 is 39.6 Å². The molecule has 0 aromatic carbocycles. The summed E-state index contributed by atoms with van der Waals surface area (Å²) in [5.74, 6) is 1.52. The minimum absolute atomic E-state index is 0.0819. The van der Waals surface area contributed by atoms with Crippen molar-refractivity contribution in [3.8, 4) is 0 Å². The van der Waals surface area contributed by atoms with Gasteiger partial charge in [-0.2, -0.15) is 23.5 Å². The van der Waals surface area contributed by atoms with E-state index >= 15 is 0 Å². The molecular weight excluding hydrogens is 769 g/mol. The number of aliphatic hydroxyl groups is 6. The van der Waals surface area contributed by atoms with Gasteiger partial charge in [0.1, 0.15) is 39.3 Å². The Balaban J connectivity index is 1.36. The molecule has 0 radical (unpaired) electrons. The zero-order valence-electron chi connectivity index (χ0n) is 37.9. The predicted octanol–water partition coefficient (Wildman–Crippen LogP) is 4.67. The number of thioether (sulfide) groups is 2. The number of hydrogen-bond donors (Lipinski definition) is 6. The van der Waals surface area contributed by atoms with E-state index in [-0.39, 0.29) is 39.6 Å². The highest BCUT2D eigenvalue weighted by atomic mass is 32.2. The molecule has 10 nitrogen and oxygen atoms in total. The molecule has 3 aliphatic carbocycles. The van der Waals surface area contributed by atoms with E-state index in [1.54, 1.807) is 0 Å². The van der Waals surface area contributed by atoms with Crippen LogP contribution in [0.2, 0.25) is 0 Å². The van der Waals surface area contributed by atoms with Gasteiger partial charge in [-0.05, 0) is 113 Å². The molecule has 2 saturated heterocycles. The summed E-state index contributed by atoms with van der Waals surface area (Å²) in [6.45, 7) is 22.8. The van der Waals surface area contributed by atoms with Crippen molar-refractivity contribution in [2.24, 2.45) is 22.7 Å². The molecule has 5 rings (SSSR count). The molecule has 12 heteroatoms. The Labute approximate surface area is 363 Å². The molecule has 10 atom stereocenters. The first kappa shape index (κ1) is 49.3. The third-order valence-electron chi connectivity index (χ3n) is 16.2.